The van der Waals surface area contributed by atoms with Gasteiger partial charge >= 0.3 is 0 Å². The molecule has 7 nitrogen and oxygen atoms in total. The Balaban J connectivity index is 2.19. The summed E-state index contributed by atoms with van der Waals surface area (Å²) in [7, 11) is -3.69. The third-order valence-electron chi connectivity index (χ3n) is 2.12. The van der Waals surface area contributed by atoms with Gasteiger partial charge in [-0.2, -0.15) is 0 Å². The van der Waals surface area contributed by atoms with Crippen LogP contribution in [0, 0.1) is 6.92 Å². The van der Waals surface area contributed by atoms with Crippen LogP contribution in [0.2, 0.25) is 0 Å². The van der Waals surface area contributed by atoms with Crippen LogP contribution in [0.15, 0.2) is 23.5 Å². The summed E-state index contributed by atoms with van der Waals surface area (Å²) in [4.78, 5) is 12.7. The molecule has 2 heterocycles. The number of anilines is 2. The molecule has 2 aromatic heterocycles. The van der Waals surface area contributed by atoms with Crippen molar-refractivity contribution in [3.05, 3.63) is 23.5 Å². The molecule has 0 aliphatic rings. The molecule has 0 atom stereocenters. The number of aromatic nitrogens is 3. The Bertz CT molecular complexity index is 651. The molecule has 9 heteroatoms. The smallest absolute Gasteiger partial charge is 0.266 e. The molecule has 0 aliphatic carbocycles. The molecule has 0 amide bonds. The quantitative estimate of drug-likeness (QED) is 0.868. The Kier molecular flexibility index (Phi) is 3.96. The summed E-state index contributed by atoms with van der Waals surface area (Å²) in [6.45, 7) is 4.42. The van der Waals surface area contributed by atoms with E-state index in [4.69, 9.17) is 0 Å². The first-order chi connectivity index (χ1) is 9.01. The molecular formula is C10H13N5O2S2. The van der Waals surface area contributed by atoms with Gasteiger partial charge in [0.05, 0.1) is 12.4 Å². The third kappa shape index (κ3) is 3.38. The normalized spacial score (nSPS) is 11.3. The van der Waals surface area contributed by atoms with E-state index in [0.717, 1.165) is 4.88 Å². The highest BCUT2D eigenvalue weighted by Crippen LogP contribution is 2.20. The lowest BCUT2D eigenvalue weighted by atomic mass is 10.6. The van der Waals surface area contributed by atoms with Crippen molar-refractivity contribution < 1.29 is 8.42 Å². The van der Waals surface area contributed by atoms with E-state index in [1.807, 2.05) is 13.8 Å². The molecule has 0 saturated carbocycles. The number of thiazole rings is 1. The molecule has 102 valence electrons. The average Bonchev–Trinajstić information content (AvgIpc) is 2.75. The van der Waals surface area contributed by atoms with Gasteiger partial charge in [0.15, 0.2) is 5.13 Å². The van der Waals surface area contributed by atoms with Crippen LogP contribution in [-0.4, -0.2) is 29.9 Å². The van der Waals surface area contributed by atoms with E-state index in [-0.39, 0.29) is 4.90 Å². The summed E-state index contributed by atoms with van der Waals surface area (Å²) in [5.41, 5.74) is 0. The summed E-state index contributed by atoms with van der Waals surface area (Å²) in [5.74, 6) is 0.395. The SMILES string of the molecule is CCNc1ncc(S(=O)(=O)Nc2ncc(C)s2)cn1. The van der Waals surface area contributed by atoms with Gasteiger partial charge in [-0.3, -0.25) is 4.72 Å². The molecule has 0 aliphatic heterocycles. The maximum absolute atomic E-state index is 12.0. The van der Waals surface area contributed by atoms with Crippen molar-refractivity contribution in [1.29, 1.82) is 0 Å². The topological polar surface area (TPSA) is 96.9 Å². The molecule has 0 saturated heterocycles. The lowest BCUT2D eigenvalue weighted by Crippen LogP contribution is -2.14. The summed E-state index contributed by atoms with van der Waals surface area (Å²) in [6.07, 6.45) is 4.12. The summed E-state index contributed by atoms with van der Waals surface area (Å²) < 4.78 is 26.5. The van der Waals surface area contributed by atoms with Crippen molar-refractivity contribution >= 4 is 32.4 Å². The van der Waals surface area contributed by atoms with Crippen molar-refractivity contribution in [3.63, 3.8) is 0 Å². The third-order valence-corrected chi connectivity index (χ3v) is 4.37. The Morgan fingerprint density at radius 1 is 1.21 bits per heavy atom. The first-order valence-corrected chi connectivity index (χ1v) is 7.82. The maximum Gasteiger partial charge on any atom is 0.266 e. The van der Waals surface area contributed by atoms with Crippen LogP contribution in [0.1, 0.15) is 11.8 Å². The van der Waals surface area contributed by atoms with Crippen LogP contribution < -0.4 is 10.0 Å². The molecule has 2 aromatic rings. The predicted octanol–water partition coefficient (Wildman–Crippen LogP) is 1.47. The standard InChI is InChI=1S/C10H13N5O2S2/c1-3-11-9-12-5-8(6-13-9)19(16,17)15-10-14-4-7(2)18-10/h4-6H,3H2,1-2H3,(H,14,15)(H,11,12,13). The van der Waals surface area contributed by atoms with Gasteiger partial charge in [0.25, 0.3) is 10.0 Å². The van der Waals surface area contributed by atoms with Crippen LogP contribution in [0.4, 0.5) is 11.1 Å². The molecule has 0 aromatic carbocycles. The molecule has 2 N–H and O–H groups in total. The Morgan fingerprint density at radius 3 is 2.42 bits per heavy atom. The van der Waals surface area contributed by atoms with Crippen molar-refractivity contribution in [3.8, 4) is 0 Å². The highest BCUT2D eigenvalue weighted by molar-refractivity contribution is 7.93. The first kappa shape index (κ1) is 13.7. The van der Waals surface area contributed by atoms with Gasteiger partial charge in [0.2, 0.25) is 5.95 Å². The second kappa shape index (κ2) is 5.49. The maximum atomic E-state index is 12.0. The highest BCUT2D eigenvalue weighted by atomic mass is 32.2. The van der Waals surface area contributed by atoms with Crippen LogP contribution in [0.3, 0.4) is 0 Å². The number of nitrogens with zero attached hydrogens (tertiary/aromatic N) is 3. The fourth-order valence-corrected chi connectivity index (χ4v) is 3.08. The largest absolute Gasteiger partial charge is 0.355 e. The van der Waals surface area contributed by atoms with Gasteiger partial charge in [0, 0.05) is 17.6 Å². The van der Waals surface area contributed by atoms with Gasteiger partial charge in [-0.15, -0.1) is 11.3 Å². The average molecular weight is 299 g/mol. The number of hydrogen-bond acceptors (Lipinski definition) is 7. The number of sulfonamides is 1. The van der Waals surface area contributed by atoms with E-state index >= 15 is 0 Å². The zero-order valence-electron chi connectivity index (χ0n) is 10.4. The van der Waals surface area contributed by atoms with E-state index < -0.39 is 10.0 Å². The number of rotatable bonds is 5. The lowest BCUT2D eigenvalue weighted by Gasteiger charge is -2.05. The molecule has 19 heavy (non-hydrogen) atoms. The fraction of sp³-hybridized carbons (Fsp3) is 0.300. The Labute approximate surface area is 115 Å². The van der Waals surface area contributed by atoms with Gasteiger partial charge < -0.3 is 5.32 Å². The minimum Gasteiger partial charge on any atom is -0.355 e. The van der Waals surface area contributed by atoms with Crippen LogP contribution in [0.25, 0.3) is 0 Å². The zero-order valence-corrected chi connectivity index (χ0v) is 12.0. The van der Waals surface area contributed by atoms with Crippen molar-refractivity contribution in [2.45, 2.75) is 18.7 Å². The Hall–Kier alpha value is -1.74. The number of nitrogens with one attached hydrogen (secondary N) is 2. The summed E-state index contributed by atoms with van der Waals surface area (Å²) in [6, 6.07) is 0. The summed E-state index contributed by atoms with van der Waals surface area (Å²) >= 11 is 1.27. The van der Waals surface area contributed by atoms with Crippen molar-refractivity contribution in [2.75, 3.05) is 16.6 Å². The molecule has 0 fully saturated rings. The van der Waals surface area contributed by atoms with Gasteiger partial charge in [0.1, 0.15) is 4.90 Å². The van der Waals surface area contributed by atoms with Crippen molar-refractivity contribution in [1.82, 2.24) is 15.0 Å². The van der Waals surface area contributed by atoms with Crippen LogP contribution in [-0.2, 0) is 10.0 Å². The van der Waals surface area contributed by atoms with E-state index in [2.05, 4.69) is 25.0 Å². The van der Waals surface area contributed by atoms with Crippen molar-refractivity contribution in [2.24, 2.45) is 0 Å². The molecule has 0 bridgehead atoms. The zero-order chi connectivity index (χ0) is 13.9. The number of hydrogen-bond donors (Lipinski definition) is 2. The van der Waals surface area contributed by atoms with E-state index in [1.54, 1.807) is 6.20 Å². The molecular weight excluding hydrogens is 286 g/mol. The number of aryl methyl sites for hydroxylation is 1. The second-order valence-corrected chi connectivity index (χ2v) is 6.57. The monoisotopic (exact) mass is 299 g/mol. The minimum atomic E-state index is -3.69. The van der Waals surface area contributed by atoms with E-state index in [1.165, 1.54) is 23.7 Å². The predicted molar refractivity (Wildman–Crippen MR) is 73.9 cm³/mol. The Morgan fingerprint density at radius 2 is 1.89 bits per heavy atom. The van der Waals surface area contributed by atoms with Crippen LogP contribution in [0.5, 0.6) is 0 Å². The van der Waals surface area contributed by atoms with E-state index in [9.17, 15) is 8.42 Å². The molecule has 2 rings (SSSR count). The highest BCUT2D eigenvalue weighted by Gasteiger charge is 2.17. The fourth-order valence-electron chi connectivity index (χ4n) is 1.28. The van der Waals surface area contributed by atoms with Gasteiger partial charge in [-0.05, 0) is 13.8 Å². The van der Waals surface area contributed by atoms with Gasteiger partial charge in [-0.25, -0.2) is 23.4 Å². The van der Waals surface area contributed by atoms with Crippen LogP contribution >= 0.6 is 11.3 Å². The molecule has 0 spiro atoms. The lowest BCUT2D eigenvalue weighted by molar-refractivity contribution is 0.600. The molecule has 0 radical (unpaired) electrons. The molecule has 0 unspecified atom stereocenters. The second-order valence-electron chi connectivity index (χ2n) is 3.65. The summed E-state index contributed by atoms with van der Waals surface area (Å²) in [5, 5.41) is 3.22. The minimum absolute atomic E-state index is 0.00186. The van der Waals surface area contributed by atoms with E-state index in [0.29, 0.717) is 17.6 Å². The first-order valence-electron chi connectivity index (χ1n) is 5.52. The van der Waals surface area contributed by atoms with Gasteiger partial charge in [-0.1, -0.05) is 0 Å².